The molecule has 0 heterocycles. The van der Waals surface area contributed by atoms with Gasteiger partial charge in [0.15, 0.2) is 18.1 Å². The Morgan fingerprint density at radius 2 is 1.74 bits per heavy atom. The van der Waals surface area contributed by atoms with E-state index in [4.69, 9.17) is 14.2 Å². The number of amides is 1. The average Bonchev–Trinajstić information content (AvgIpc) is 2.66. The first-order valence-corrected chi connectivity index (χ1v) is 8.37. The average molecular weight is 369 g/mol. The summed E-state index contributed by atoms with van der Waals surface area (Å²) in [5, 5.41) is 2.72. The van der Waals surface area contributed by atoms with Crippen LogP contribution in [0.1, 0.15) is 16.7 Å². The molecule has 0 aromatic heterocycles. The predicted molar refractivity (Wildman–Crippen MR) is 104 cm³/mol. The standard InChI is InChI=1S/C21H23NO5/c1-14-5-8-17(15(2)11-14)22-20(23)13-27-21(24)10-7-16-6-9-18(25-3)19(12-16)26-4/h5-12H,13H2,1-4H3,(H,22,23). The highest BCUT2D eigenvalue weighted by Gasteiger charge is 2.08. The van der Waals surface area contributed by atoms with Gasteiger partial charge in [0.2, 0.25) is 0 Å². The van der Waals surface area contributed by atoms with Gasteiger partial charge in [0.05, 0.1) is 14.2 Å². The lowest BCUT2D eigenvalue weighted by atomic mass is 10.1. The second-order valence-corrected chi connectivity index (χ2v) is 5.92. The van der Waals surface area contributed by atoms with Gasteiger partial charge in [0.1, 0.15) is 0 Å². The summed E-state index contributed by atoms with van der Waals surface area (Å²) >= 11 is 0. The lowest BCUT2D eigenvalue weighted by Crippen LogP contribution is -2.20. The first-order valence-electron chi connectivity index (χ1n) is 8.37. The molecular formula is C21H23NO5. The van der Waals surface area contributed by atoms with Crippen LogP contribution < -0.4 is 14.8 Å². The van der Waals surface area contributed by atoms with Crippen LogP contribution in [-0.2, 0) is 14.3 Å². The van der Waals surface area contributed by atoms with Crippen LogP contribution in [0.15, 0.2) is 42.5 Å². The van der Waals surface area contributed by atoms with Gasteiger partial charge in [-0.2, -0.15) is 0 Å². The number of hydrogen-bond acceptors (Lipinski definition) is 5. The van der Waals surface area contributed by atoms with E-state index in [2.05, 4.69) is 5.32 Å². The maximum Gasteiger partial charge on any atom is 0.331 e. The first-order chi connectivity index (χ1) is 12.9. The zero-order valence-electron chi connectivity index (χ0n) is 15.9. The molecule has 2 aromatic carbocycles. The number of nitrogens with one attached hydrogen (secondary N) is 1. The Kier molecular flexibility index (Phi) is 7.00. The topological polar surface area (TPSA) is 73.9 Å². The van der Waals surface area contributed by atoms with Crippen molar-refractivity contribution in [2.75, 3.05) is 26.1 Å². The molecular weight excluding hydrogens is 346 g/mol. The van der Waals surface area contributed by atoms with Crippen LogP contribution in [0.5, 0.6) is 11.5 Å². The Balaban J connectivity index is 1.88. The number of anilines is 1. The Morgan fingerprint density at radius 1 is 1.00 bits per heavy atom. The molecule has 0 saturated heterocycles. The molecule has 0 radical (unpaired) electrons. The second kappa shape index (κ2) is 9.43. The highest BCUT2D eigenvalue weighted by Crippen LogP contribution is 2.27. The third kappa shape index (κ3) is 5.88. The molecule has 6 nitrogen and oxygen atoms in total. The van der Waals surface area contributed by atoms with E-state index in [9.17, 15) is 9.59 Å². The molecule has 0 bridgehead atoms. The maximum atomic E-state index is 11.9. The Morgan fingerprint density at radius 3 is 2.41 bits per heavy atom. The van der Waals surface area contributed by atoms with Gasteiger partial charge < -0.3 is 19.5 Å². The van der Waals surface area contributed by atoms with Crippen molar-refractivity contribution in [3.8, 4) is 11.5 Å². The van der Waals surface area contributed by atoms with Gasteiger partial charge in [-0.15, -0.1) is 0 Å². The number of hydrogen-bond donors (Lipinski definition) is 1. The van der Waals surface area contributed by atoms with E-state index >= 15 is 0 Å². The van der Waals surface area contributed by atoms with Crippen LogP contribution in [0, 0.1) is 13.8 Å². The monoisotopic (exact) mass is 369 g/mol. The van der Waals surface area contributed by atoms with Gasteiger partial charge in [0.25, 0.3) is 5.91 Å². The number of rotatable bonds is 7. The summed E-state index contributed by atoms with van der Waals surface area (Å²) in [6.45, 7) is 3.52. The fourth-order valence-electron chi connectivity index (χ4n) is 2.45. The van der Waals surface area contributed by atoms with E-state index in [-0.39, 0.29) is 6.61 Å². The molecule has 27 heavy (non-hydrogen) atoms. The molecule has 0 spiro atoms. The summed E-state index contributed by atoms with van der Waals surface area (Å²) in [5.41, 5.74) is 3.49. The van der Waals surface area contributed by atoms with Crippen LogP contribution in [-0.4, -0.2) is 32.7 Å². The van der Waals surface area contributed by atoms with E-state index < -0.39 is 11.9 Å². The molecule has 2 rings (SSSR count). The van der Waals surface area contributed by atoms with E-state index in [0.717, 1.165) is 16.7 Å². The predicted octanol–water partition coefficient (Wildman–Crippen LogP) is 3.52. The molecule has 1 N–H and O–H groups in total. The molecule has 6 heteroatoms. The zero-order valence-corrected chi connectivity index (χ0v) is 15.9. The number of carbonyl (C=O) groups excluding carboxylic acids is 2. The second-order valence-electron chi connectivity index (χ2n) is 5.92. The van der Waals surface area contributed by atoms with Crippen LogP contribution in [0.4, 0.5) is 5.69 Å². The van der Waals surface area contributed by atoms with Crippen molar-refractivity contribution in [3.05, 3.63) is 59.2 Å². The molecule has 0 fully saturated rings. The smallest absolute Gasteiger partial charge is 0.331 e. The fourth-order valence-corrected chi connectivity index (χ4v) is 2.45. The summed E-state index contributed by atoms with van der Waals surface area (Å²) in [7, 11) is 3.09. The minimum atomic E-state index is -0.611. The van der Waals surface area contributed by atoms with Crippen molar-refractivity contribution in [2.45, 2.75) is 13.8 Å². The largest absolute Gasteiger partial charge is 0.493 e. The summed E-state index contributed by atoms with van der Waals surface area (Å²) in [6.07, 6.45) is 2.83. The third-order valence-electron chi connectivity index (χ3n) is 3.82. The number of esters is 1. The van der Waals surface area contributed by atoms with Crippen molar-refractivity contribution in [1.82, 2.24) is 0 Å². The Hall–Kier alpha value is -3.28. The van der Waals surface area contributed by atoms with E-state index in [1.807, 2.05) is 32.0 Å². The normalized spacial score (nSPS) is 10.5. The molecule has 0 unspecified atom stereocenters. The van der Waals surface area contributed by atoms with Crippen LogP contribution in [0.25, 0.3) is 6.08 Å². The summed E-state index contributed by atoms with van der Waals surface area (Å²) in [4.78, 5) is 23.8. The minimum absolute atomic E-state index is 0.359. The highest BCUT2D eigenvalue weighted by molar-refractivity contribution is 5.95. The van der Waals surface area contributed by atoms with Crippen molar-refractivity contribution in [1.29, 1.82) is 0 Å². The summed E-state index contributed by atoms with van der Waals surface area (Å²) < 4.78 is 15.3. The van der Waals surface area contributed by atoms with Gasteiger partial charge in [-0.1, -0.05) is 23.8 Å². The van der Waals surface area contributed by atoms with Crippen LogP contribution in [0.3, 0.4) is 0 Å². The number of methoxy groups -OCH3 is 2. The molecule has 0 aliphatic heterocycles. The van der Waals surface area contributed by atoms with Crippen molar-refractivity contribution in [3.63, 3.8) is 0 Å². The SMILES string of the molecule is COc1ccc(C=CC(=O)OCC(=O)Nc2ccc(C)cc2C)cc1OC. The Labute approximate surface area is 158 Å². The molecule has 1 amide bonds. The zero-order chi connectivity index (χ0) is 19.8. The Bertz CT molecular complexity index is 858. The number of ether oxygens (including phenoxy) is 3. The van der Waals surface area contributed by atoms with Gasteiger partial charge in [-0.05, 0) is 49.2 Å². The van der Waals surface area contributed by atoms with Crippen LogP contribution >= 0.6 is 0 Å². The lowest BCUT2D eigenvalue weighted by molar-refractivity contribution is -0.142. The van der Waals surface area contributed by atoms with E-state index in [0.29, 0.717) is 17.2 Å². The minimum Gasteiger partial charge on any atom is -0.493 e. The number of carbonyl (C=O) groups is 2. The van der Waals surface area contributed by atoms with Gasteiger partial charge in [-0.3, -0.25) is 4.79 Å². The van der Waals surface area contributed by atoms with Crippen molar-refractivity contribution >= 4 is 23.6 Å². The third-order valence-corrected chi connectivity index (χ3v) is 3.82. The lowest BCUT2D eigenvalue weighted by Gasteiger charge is -2.09. The number of benzene rings is 2. The maximum absolute atomic E-state index is 11.9. The van der Waals surface area contributed by atoms with Gasteiger partial charge >= 0.3 is 5.97 Å². The summed E-state index contributed by atoms with van der Waals surface area (Å²) in [6, 6.07) is 10.9. The number of aryl methyl sites for hydroxylation is 2. The van der Waals surface area contributed by atoms with Gasteiger partial charge in [0, 0.05) is 11.8 Å². The van der Waals surface area contributed by atoms with Crippen molar-refractivity contribution in [2.24, 2.45) is 0 Å². The molecule has 0 aliphatic carbocycles. The van der Waals surface area contributed by atoms with Crippen molar-refractivity contribution < 1.29 is 23.8 Å². The molecule has 0 atom stereocenters. The highest BCUT2D eigenvalue weighted by atomic mass is 16.5. The molecule has 0 aliphatic rings. The molecule has 2 aromatic rings. The van der Waals surface area contributed by atoms with Gasteiger partial charge in [-0.25, -0.2) is 4.79 Å². The van der Waals surface area contributed by atoms with Crippen LogP contribution in [0.2, 0.25) is 0 Å². The molecule has 142 valence electrons. The quantitative estimate of drug-likeness (QED) is 0.597. The fraction of sp³-hybridized carbons (Fsp3) is 0.238. The van der Waals surface area contributed by atoms with E-state index in [1.165, 1.54) is 13.2 Å². The summed E-state index contributed by atoms with van der Waals surface area (Å²) in [5.74, 6) is 0.150. The van der Waals surface area contributed by atoms with E-state index in [1.54, 1.807) is 31.4 Å². The molecule has 0 saturated carbocycles. The first kappa shape index (κ1) is 20.0.